The van der Waals surface area contributed by atoms with Crippen LogP contribution in [0.2, 0.25) is 0 Å². The van der Waals surface area contributed by atoms with E-state index < -0.39 is 0 Å². The van der Waals surface area contributed by atoms with Gasteiger partial charge in [-0.3, -0.25) is 4.99 Å². The third-order valence-electron chi connectivity index (χ3n) is 4.54. The number of aliphatic imine (C=N–C) groups is 1. The van der Waals surface area contributed by atoms with Crippen LogP contribution in [0.15, 0.2) is 88.6 Å². The molecule has 0 unspecified atom stereocenters. The van der Waals surface area contributed by atoms with Gasteiger partial charge in [0.15, 0.2) is 5.96 Å². The zero-order chi connectivity index (χ0) is 22.2. The van der Waals surface area contributed by atoms with E-state index in [0.29, 0.717) is 36.6 Å². The number of nitrogens with zero attached hydrogens (tertiary/aromatic N) is 3. The van der Waals surface area contributed by atoms with E-state index in [4.69, 9.17) is 9.15 Å². The SMILES string of the molecule is CN=C(NCc1coc(-c2ccccc2)n1)NCc1cccnc1Oc1cccc(F)c1.I. The lowest BCUT2D eigenvalue weighted by atomic mass is 10.2. The zero-order valence-electron chi connectivity index (χ0n) is 17.9. The molecule has 0 aliphatic heterocycles. The summed E-state index contributed by atoms with van der Waals surface area (Å²) in [5.41, 5.74) is 2.47. The third-order valence-corrected chi connectivity index (χ3v) is 4.54. The highest BCUT2D eigenvalue weighted by Crippen LogP contribution is 2.23. The number of oxazole rings is 1. The maximum Gasteiger partial charge on any atom is 0.226 e. The van der Waals surface area contributed by atoms with Crippen LogP contribution in [0.5, 0.6) is 11.6 Å². The Kier molecular flexibility index (Phi) is 8.76. The minimum atomic E-state index is -0.369. The summed E-state index contributed by atoms with van der Waals surface area (Å²) in [4.78, 5) is 13.0. The first-order chi connectivity index (χ1) is 15.7. The lowest BCUT2D eigenvalue weighted by molar-refractivity contribution is 0.450. The van der Waals surface area contributed by atoms with Gasteiger partial charge in [-0.15, -0.1) is 24.0 Å². The van der Waals surface area contributed by atoms with Crippen LogP contribution in [0.1, 0.15) is 11.3 Å². The number of hydrogen-bond acceptors (Lipinski definition) is 5. The highest BCUT2D eigenvalue weighted by Gasteiger charge is 2.10. The first-order valence-electron chi connectivity index (χ1n) is 10.0. The predicted octanol–water partition coefficient (Wildman–Crippen LogP) is 5.15. The quantitative estimate of drug-likeness (QED) is 0.185. The molecule has 7 nitrogen and oxygen atoms in total. The number of pyridine rings is 1. The van der Waals surface area contributed by atoms with Crippen LogP contribution in [-0.4, -0.2) is 23.0 Å². The number of guanidine groups is 1. The average molecular weight is 559 g/mol. The minimum absolute atomic E-state index is 0. The highest BCUT2D eigenvalue weighted by atomic mass is 127. The second-order valence-electron chi connectivity index (χ2n) is 6.82. The Hall–Kier alpha value is -3.47. The molecule has 0 saturated heterocycles. The number of rotatable bonds is 7. The molecule has 33 heavy (non-hydrogen) atoms. The molecule has 0 amide bonds. The van der Waals surface area contributed by atoms with Gasteiger partial charge in [-0.05, 0) is 30.3 Å². The van der Waals surface area contributed by atoms with Crippen LogP contribution in [0.4, 0.5) is 4.39 Å². The number of aromatic nitrogens is 2. The number of hydrogen-bond donors (Lipinski definition) is 2. The van der Waals surface area contributed by atoms with E-state index in [1.54, 1.807) is 31.6 Å². The molecule has 2 N–H and O–H groups in total. The number of benzene rings is 2. The van der Waals surface area contributed by atoms with Crippen molar-refractivity contribution in [2.75, 3.05) is 7.05 Å². The van der Waals surface area contributed by atoms with Crippen LogP contribution >= 0.6 is 24.0 Å². The van der Waals surface area contributed by atoms with Crippen LogP contribution < -0.4 is 15.4 Å². The fourth-order valence-electron chi connectivity index (χ4n) is 2.97. The van der Waals surface area contributed by atoms with Gasteiger partial charge in [0.25, 0.3) is 0 Å². The normalized spacial score (nSPS) is 10.9. The standard InChI is InChI=1S/C24H22FN5O2.HI/c1-26-24(29-15-20-16-31-23(30-20)17-7-3-2-4-8-17)28-14-18-9-6-12-27-22(18)32-21-11-5-10-19(25)13-21;/h2-13,16H,14-15H2,1H3,(H2,26,28,29);1H. The molecular formula is C24H23FIN5O2. The van der Waals surface area contributed by atoms with E-state index in [2.05, 4.69) is 25.6 Å². The van der Waals surface area contributed by atoms with E-state index >= 15 is 0 Å². The molecule has 9 heteroatoms. The molecule has 0 radical (unpaired) electrons. The van der Waals surface area contributed by atoms with Gasteiger partial charge in [0.1, 0.15) is 17.8 Å². The molecule has 0 fully saturated rings. The monoisotopic (exact) mass is 559 g/mol. The Balaban J connectivity index is 0.00000306. The molecule has 170 valence electrons. The van der Waals surface area contributed by atoms with Gasteiger partial charge in [0, 0.05) is 37.0 Å². The van der Waals surface area contributed by atoms with Crippen molar-refractivity contribution in [2.24, 2.45) is 4.99 Å². The highest BCUT2D eigenvalue weighted by molar-refractivity contribution is 14.0. The maximum atomic E-state index is 13.4. The van der Waals surface area contributed by atoms with Gasteiger partial charge < -0.3 is 19.8 Å². The maximum absolute atomic E-state index is 13.4. The van der Waals surface area contributed by atoms with Gasteiger partial charge in [0.2, 0.25) is 11.8 Å². The summed E-state index contributed by atoms with van der Waals surface area (Å²) in [6, 6.07) is 19.3. The van der Waals surface area contributed by atoms with Crippen molar-refractivity contribution >= 4 is 29.9 Å². The smallest absolute Gasteiger partial charge is 0.226 e. The van der Waals surface area contributed by atoms with Gasteiger partial charge in [0.05, 0.1) is 12.2 Å². The van der Waals surface area contributed by atoms with Gasteiger partial charge in [-0.25, -0.2) is 14.4 Å². The average Bonchev–Trinajstić information content (AvgIpc) is 3.30. The Morgan fingerprint density at radius 3 is 2.64 bits per heavy atom. The van der Waals surface area contributed by atoms with Crippen molar-refractivity contribution in [1.29, 1.82) is 0 Å². The summed E-state index contributed by atoms with van der Waals surface area (Å²) in [6.07, 6.45) is 3.24. The lowest BCUT2D eigenvalue weighted by Crippen LogP contribution is -2.36. The second kappa shape index (κ2) is 12.0. The Morgan fingerprint density at radius 1 is 1.03 bits per heavy atom. The third kappa shape index (κ3) is 6.75. The molecule has 0 saturated carbocycles. The van der Waals surface area contributed by atoms with E-state index in [1.807, 2.05) is 42.5 Å². The van der Waals surface area contributed by atoms with Gasteiger partial charge >= 0.3 is 0 Å². The van der Waals surface area contributed by atoms with Crippen molar-refractivity contribution in [3.63, 3.8) is 0 Å². The van der Waals surface area contributed by atoms with E-state index in [9.17, 15) is 4.39 Å². The fraction of sp³-hybridized carbons (Fsp3) is 0.125. The number of halogens is 2. The summed E-state index contributed by atoms with van der Waals surface area (Å²) in [5, 5.41) is 6.42. The Morgan fingerprint density at radius 2 is 1.85 bits per heavy atom. The molecular weight excluding hydrogens is 536 g/mol. The van der Waals surface area contributed by atoms with Crippen LogP contribution in [0, 0.1) is 5.82 Å². The van der Waals surface area contributed by atoms with Crippen LogP contribution in [0.25, 0.3) is 11.5 Å². The second-order valence-corrected chi connectivity index (χ2v) is 6.82. The van der Waals surface area contributed by atoms with E-state index in [1.165, 1.54) is 12.1 Å². The molecule has 2 aromatic carbocycles. The fourth-order valence-corrected chi connectivity index (χ4v) is 2.97. The predicted molar refractivity (Wildman–Crippen MR) is 135 cm³/mol. The molecule has 0 aliphatic carbocycles. The number of ether oxygens (including phenoxy) is 1. The zero-order valence-corrected chi connectivity index (χ0v) is 20.2. The molecule has 4 aromatic rings. The first-order valence-corrected chi connectivity index (χ1v) is 10.0. The minimum Gasteiger partial charge on any atom is -0.444 e. The van der Waals surface area contributed by atoms with Crippen molar-refractivity contribution in [1.82, 2.24) is 20.6 Å². The molecule has 2 heterocycles. The van der Waals surface area contributed by atoms with Crippen molar-refractivity contribution in [3.8, 4) is 23.1 Å². The summed E-state index contributed by atoms with van der Waals surface area (Å²) < 4.78 is 24.8. The Bertz CT molecular complexity index is 1200. The van der Waals surface area contributed by atoms with Crippen LogP contribution in [-0.2, 0) is 13.1 Å². The molecule has 0 bridgehead atoms. The summed E-state index contributed by atoms with van der Waals surface area (Å²) >= 11 is 0. The summed E-state index contributed by atoms with van der Waals surface area (Å²) in [6.45, 7) is 0.849. The lowest BCUT2D eigenvalue weighted by Gasteiger charge is -2.13. The Labute approximate surface area is 208 Å². The first kappa shape index (κ1) is 24.2. The van der Waals surface area contributed by atoms with E-state index in [-0.39, 0.29) is 29.8 Å². The topological polar surface area (TPSA) is 84.6 Å². The molecule has 4 rings (SSSR count). The molecule has 0 atom stereocenters. The van der Waals surface area contributed by atoms with E-state index in [0.717, 1.165) is 16.8 Å². The van der Waals surface area contributed by atoms with Crippen molar-refractivity contribution < 1.29 is 13.5 Å². The van der Waals surface area contributed by atoms with Crippen LogP contribution in [0.3, 0.4) is 0 Å². The largest absolute Gasteiger partial charge is 0.444 e. The number of nitrogens with one attached hydrogen (secondary N) is 2. The summed E-state index contributed by atoms with van der Waals surface area (Å²) in [5.74, 6) is 1.55. The van der Waals surface area contributed by atoms with Crippen molar-refractivity contribution in [3.05, 3.63) is 96.3 Å². The summed E-state index contributed by atoms with van der Waals surface area (Å²) in [7, 11) is 1.68. The van der Waals surface area contributed by atoms with Gasteiger partial charge in [-0.2, -0.15) is 0 Å². The van der Waals surface area contributed by atoms with Gasteiger partial charge in [-0.1, -0.05) is 30.3 Å². The molecule has 0 aliphatic rings. The molecule has 0 spiro atoms. The molecule has 2 aromatic heterocycles. The van der Waals surface area contributed by atoms with Crippen molar-refractivity contribution in [2.45, 2.75) is 13.1 Å².